The number of rotatable bonds is 6. The molecule has 2 aromatic rings. The van der Waals surface area contributed by atoms with Crippen molar-refractivity contribution in [2.24, 2.45) is 22.5 Å². The summed E-state index contributed by atoms with van der Waals surface area (Å²) in [7, 11) is -2.54. The second-order valence-electron chi connectivity index (χ2n) is 8.95. The number of nitrogens with two attached hydrogens (primary N) is 3. The quantitative estimate of drug-likeness (QED) is 0.324. The SMILES string of the molecule is CN.N=C(N)c1c(-c2ccc(C3CCNC3)cc2)ccc(CC2CCCCC2)c1S(N)(=O)=O. The molecule has 8 N–H and O–H groups in total. The van der Waals surface area contributed by atoms with Gasteiger partial charge in [-0.1, -0.05) is 68.5 Å². The van der Waals surface area contributed by atoms with Crippen LogP contribution in [-0.2, 0) is 16.4 Å². The zero-order chi connectivity index (χ0) is 24.0. The normalized spacial score (nSPS) is 19.1. The van der Waals surface area contributed by atoms with Crippen LogP contribution in [0.25, 0.3) is 11.1 Å². The summed E-state index contributed by atoms with van der Waals surface area (Å²) in [4.78, 5) is 0.0205. The minimum Gasteiger partial charge on any atom is -0.384 e. The van der Waals surface area contributed by atoms with E-state index in [1.165, 1.54) is 31.9 Å². The fourth-order valence-corrected chi connectivity index (χ4v) is 6.22. The Morgan fingerprint density at radius 3 is 2.24 bits per heavy atom. The predicted octanol–water partition coefficient (Wildman–Crippen LogP) is 3.06. The van der Waals surface area contributed by atoms with E-state index < -0.39 is 10.0 Å². The molecule has 1 aliphatic carbocycles. The molecule has 0 aromatic heterocycles. The van der Waals surface area contributed by atoms with E-state index in [-0.39, 0.29) is 16.3 Å². The molecular weight excluding hydrogens is 434 g/mol. The van der Waals surface area contributed by atoms with Gasteiger partial charge in [0.05, 0.1) is 4.90 Å². The molecule has 2 aromatic carbocycles. The lowest BCUT2D eigenvalue weighted by molar-refractivity contribution is 0.355. The molecule has 180 valence electrons. The van der Waals surface area contributed by atoms with Crippen molar-refractivity contribution in [2.45, 2.75) is 55.8 Å². The van der Waals surface area contributed by atoms with E-state index in [4.69, 9.17) is 16.3 Å². The summed E-state index contributed by atoms with van der Waals surface area (Å²) in [6.07, 6.45) is 7.55. The average molecular weight is 472 g/mol. The van der Waals surface area contributed by atoms with E-state index in [9.17, 15) is 8.42 Å². The Bertz CT molecular complexity index is 1050. The maximum Gasteiger partial charge on any atom is 0.239 e. The van der Waals surface area contributed by atoms with E-state index in [2.05, 4.69) is 23.2 Å². The molecule has 1 aliphatic heterocycles. The molecule has 1 atom stereocenters. The van der Waals surface area contributed by atoms with Crippen LogP contribution < -0.4 is 21.9 Å². The molecule has 2 aliphatic rings. The van der Waals surface area contributed by atoms with Crippen LogP contribution in [0.4, 0.5) is 0 Å². The van der Waals surface area contributed by atoms with Gasteiger partial charge in [-0.25, -0.2) is 13.6 Å². The number of sulfonamides is 1. The van der Waals surface area contributed by atoms with Crippen molar-refractivity contribution in [2.75, 3.05) is 20.1 Å². The molecule has 0 radical (unpaired) electrons. The maximum absolute atomic E-state index is 12.7. The van der Waals surface area contributed by atoms with E-state index in [0.29, 0.717) is 29.4 Å². The number of amidine groups is 1. The van der Waals surface area contributed by atoms with Crippen LogP contribution in [0, 0.1) is 11.3 Å². The molecule has 1 heterocycles. The van der Waals surface area contributed by atoms with Crippen LogP contribution in [0.2, 0.25) is 0 Å². The zero-order valence-electron chi connectivity index (χ0n) is 19.4. The molecular formula is C25H37N5O2S. The van der Waals surface area contributed by atoms with E-state index in [0.717, 1.165) is 37.9 Å². The number of nitrogen functional groups attached to an aromatic ring is 1. The van der Waals surface area contributed by atoms with Gasteiger partial charge >= 0.3 is 0 Å². The lowest BCUT2D eigenvalue weighted by atomic mass is 9.84. The molecule has 1 saturated carbocycles. The molecule has 33 heavy (non-hydrogen) atoms. The Balaban J connectivity index is 0.00000149. The van der Waals surface area contributed by atoms with Crippen LogP contribution in [0.1, 0.15) is 61.1 Å². The minimum atomic E-state index is -4.04. The first-order valence-electron chi connectivity index (χ1n) is 11.8. The summed E-state index contributed by atoms with van der Waals surface area (Å²) >= 11 is 0. The summed E-state index contributed by atoms with van der Waals surface area (Å²) < 4.78 is 25.3. The number of nitrogens with one attached hydrogen (secondary N) is 2. The summed E-state index contributed by atoms with van der Waals surface area (Å²) in [5.74, 6) is 0.673. The lowest BCUT2D eigenvalue weighted by Gasteiger charge is -2.24. The number of hydrogen-bond donors (Lipinski definition) is 5. The van der Waals surface area contributed by atoms with Crippen LogP contribution in [0.5, 0.6) is 0 Å². The van der Waals surface area contributed by atoms with Gasteiger partial charge in [0.2, 0.25) is 10.0 Å². The van der Waals surface area contributed by atoms with Crippen molar-refractivity contribution in [1.29, 1.82) is 5.41 Å². The predicted molar refractivity (Wildman–Crippen MR) is 135 cm³/mol. The molecule has 8 heteroatoms. The lowest BCUT2D eigenvalue weighted by Crippen LogP contribution is -2.24. The molecule has 4 rings (SSSR count). The fourth-order valence-electron chi connectivity index (χ4n) is 5.20. The molecule has 1 unspecified atom stereocenters. The van der Waals surface area contributed by atoms with Crippen molar-refractivity contribution in [3.8, 4) is 11.1 Å². The third-order valence-corrected chi connectivity index (χ3v) is 7.82. The standard InChI is InChI=1S/C24H32N4O2S.CH5N/c25-24(26)22-21(18-8-6-17(7-9-18)20-12-13-28-15-20)11-10-19(23(22)31(27,29)30)14-16-4-2-1-3-5-16;1-2/h6-11,16,20,28H,1-5,12-15H2,(H3,25,26)(H2,27,29,30);2H2,1H3. The number of benzene rings is 2. The smallest absolute Gasteiger partial charge is 0.239 e. The van der Waals surface area contributed by atoms with Gasteiger partial charge in [-0.2, -0.15) is 0 Å². The monoisotopic (exact) mass is 471 g/mol. The molecule has 0 amide bonds. The summed E-state index contributed by atoms with van der Waals surface area (Å²) in [5, 5.41) is 17.2. The van der Waals surface area contributed by atoms with E-state index >= 15 is 0 Å². The van der Waals surface area contributed by atoms with Crippen molar-refractivity contribution in [3.63, 3.8) is 0 Å². The van der Waals surface area contributed by atoms with Gasteiger partial charge in [-0.3, -0.25) is 5.41 Å². The maximum atomic E-state index is 12.7. The highest BCUT2D eigenvalue weighted by Crippen LogP contribution is 2.35. The minimum absolute atomic E-state index is 0.0205. The van der Waals surface area contributed by atoms with Crippen molar-refractivity contribution >= 4 is 15.9 Å². The Labute approximate surface area is 197 Å². The third kappa shape index (κ3) is 6.00. The Morgan fingerprint density at radius 1 is 1.03 bits per heavy atom. The van der Waals surface area contributed by atoms with E-state index in [1.807, 2.05) is 24.3 Å². The highest BCUT2D eigenvalue weighted by molar-refractivity contribution is 7.89. The second-order valence-corrected chi connectivity index (χ2v) is 10.5. The number of hydrogen-bond acceptors (Lipinski definition) is 5. The average Bonchev–Trinajstić information content (AvgIpc) is 3.35. The van der Waals surface area contributed by atoms with Gasteiger partial charge in [0, 0.05) is 12.1 Å². The molecule has 7 nitrogen and oxygen atoms in total. The van der Waals surface area contributed by atoms with Crippen molar-refractivity contribution in [1.82, 2.24) is 5.32 Å². The first-order chi connectivity index (χ1) is 15.8. The van der Waals surface area contributed by atoms with Crippen LogP contribution in [-0.4, -0.2) is 34.4 Å². The second kappa shape index (κ2) is 11.2. The summed E-state index contributed by atoms with van der Waals surface area (Å²) in [5.41, 5.74) is 14.1. The number of primary sulfonamides is 1. The topological polar surface area (TPSA) is 148 Å². The highest BCUT2D eigenvalue weighted by Gasteiger charge is 2.27. The van der Waals surface area contributed by atoms with Gasteiger partial charge in [0.1, 0.15) is 5.84 Å². The molecule has 0 bridgehead atoms. The molecule has 2 fully saturated rings. The first kappa shape index (κ1) is 25.4. The zero-order valence-corrected chi connectivity index (χ0v) is 20.3. The van der Waals surface area contributed by atoms with Gasteiger partial charge in [-0.05, 0) is 60.5 Å². The Hall–Kier alpha value is -2.26. The molecule has 1 saturated heterocycles. The van der Waals surface area contributed by atoms with Gasteiger partial charge < -0.3 is 16.8 Å². The van der Waals surface area contributed by atoms with Crippen molar-refractivity contribution in [3.05, 3.63) is 53.1 Å². The van der Waals surface area contributed by atoms with Crippen molar-refractivity contribution < 1.29 is 8.42 Å². The Kier molecular flexibility index (Phi) is 8.64. The summed E-state index contributed by atoms with van der Waals surface area (Å²) in [6.45, 7) is 2.00. The Morgan fingerprint density at radius 2 is 1.70 bits per heavy atom. The van der Waals surface area contributed by atoms with Gasteiger partial charge in [0.15, 0.2) is 0 Å². The summed E-state index contributed by atoms with van der Waals surface area (Å²) in [6, 6.07) is 11.9. The van der Waals surface area contributed by atoms with Crippen LogP contribution >= 0.6 is 0 Å². The first-order valence-corrected chi connectivity index (χ1v) is 13.3. The van der Waals surface area contributed by atoms with Gasteiger partial charge in [0.25, 0.3) is 0 Å². The largest absolute Gasteiger partial charge is 0.384 e. The third-order valence-electron chi connectivity index (χ3n) is 6.78. The fraction of sp³-hybridized carbons (Fsp3) is 0.480. The van der Waals surface area contributed by atoms with Crippen LogP contribution in [0.3, 0.4) is 0 Å². The van der Waals surface area contributed by atoms with Gasteiger partial charge in [-0.15, -0.1) is 0 Å². The highest BCUT2D eigenvalue weighted by atomic mass is 32.2. The molecule has 0 spiro atoms. The van der Waals surface area contributed by atoms with E-state index in [1.54, 1.807) is 0 Å². The van der Waals surface area contributed by atoms with Crippen LogP contribution in [0.15, 0.2) is 41.3 Å².